The largest absolute Gasteiger partial charge is 0.481 e. The van der Waals surface area contributed by atoms with Gasteiger partial charge < -0.3 is 10.4 Å². The van der Waals surface area contributed by atoms with Gasteiger partial charge in [-0.1, -0.05) is 25.1 Å². The zero-order valence-electron chi connectivity index (χ0n) is 11.1. The lowest BCUT2D eigenvalue weighted by atomic mass is 10.0. The van der Waals surface area contributed by atoms with Crippen molar-refractivity contribution in [2.45, 2.75) is 38.6 Å². The number of carbonyl (C=O) groups excluding carboxylic acids is 1. The van der Waals surface area contributed by atoms with E-state index >= 15 is 0 Å². The van der Waals surface area contributed by atoms with E-state index in [-0.39, 0.29) is 17.9 Å². The molecule has 1 fully saturated rings. The molecule has 0 spiro atoms. The lowest BCUT2D eigenvalue weighted by molar-refractivity contribution is -0.141. The molecule has 1 saturated carbocycles. The highest BCUT2D eigenvalue weighted by molar-refractivity contribution is 5.95. The SMILES string of the molecule is CCc1ccccc1C(=O)N[C@@H]1CC[C@H](C(=O)O)C1. The van der Waals surface area contributed by atoms with Gasteiger partial charge >= 0.3 is 5.97 Å². The van der Waals surface area contributed by atoms with Crippen molar-refractivity contribution in [1.29, 1.82) is 0 Å². The van der Waals surface area contributed by atoms with Gasteiger partial charge in [0.05, 0.1) is 5.92 Å². The van der Waals surface area contributed by atoms with Crippen molar-refractivity contribution in [2.75, 3.05) is 0 Å². The van der Waals surface area contributed by atoms with Crippen LogP contribution in [0.25, 0.3) is 0 Å². The second-order valence-corrected chi connectivity index (χ2v) is 5.03. The number of aliphatic carboxylic acids is 1. The number of aryl methyl sites for hydroxylation is 1. The third-order valence-electron chi connectivity index (χ3n) is 3.76. The molecule has 1 aromatic rings. The predicted molar refractivity (Wildman–Crippen MR) is 72.1 cm³/mol. The molecule has 1 aromatic carbocycles. The maximum absolute atomic E-state index is 12.2. The van der Waals surface area contributed by atoms with E-state index in [1.54, 1.807) is 0 Å². The van der Waals surface area contributed by atoms with Gasteiger partial charge in [-0.3, -0.25) is 9.59 Å². The highest BCUT2D eigenvalue weighted by Gasteiger charge is 2.30. The third kappa shape index (κ3) is 3.13. The van der Waals surface area contributed by atoms with Gasteiger partial charge in [-0.15, -0.1) is 0 Å². The molecule has 0 heterocycles. The van der Waals surface area contributed by atoms with Gasteiger partial charge in [0, 0.05) is 11.6 Å². The second kappa shape index (κ2) is 5.87. The Morgan fingerprint density at radius 2 is 2.05 bits per heavy atom. The van der Waals surface area contributed by atoms with Crippen LogP contribution in [-0.4, -0.2) is 23.0 Å². The van der Waals surface area contributed by atoms with Gasteiger partial charge in [-0.2, -0.15) is 0 Å². The van der Waals surface area contributed by atoms with E-state index in [4.69, 9.17) is 5.11 Å². The molecule has 4 heteroatoms. The van der Waals surface area contributed by atoms with Gasteiger partial charge in [0.2, 0.25) is 0 Å². The summed E-state index contributed by atoms with van der Waals surface area (Å²) in [7, 11) is 0. The number of hydrogen-bond donors (Lipinski definition) is 2. The van der Waals surface area contributed by atoms with Crippen molar-refractivity contribution in [3.05, 3.63) is 35.4 Å². The molecule has 19 heavy (non-hydrogen) atoms. The fourth-order valence-corrected chi connectivity index (χ4v) is 2.65. The summed E-state index contributed by atoms with van der Waals surface area (Å²) < 4.78 is 0. The van der Waals surface area contributed by atoms with Gasteiger partial charge in [0.15, 0.2) is 0 Å². The Labute approximate surface area is 112 Å². The summed E-state index contributed by atoms with van der Waals surface area (Å²) in [5.74, 6) is -1.16. The van der Waals surface area contributed by atoms with Crippen molar-refractivity contribution in [1.82, 2.24) is 5.32 Å². The fourth-order valence-electron chi connectivity index (χ4n) is 2.65. The van der Waals surface area contributed by atoms with E-state index in [1.165, 1.54) is 0 Å². The molecule has 0 bridgehead atoms. The zero-order valence-corrected chi connectivity index (χ0v) is 11.1. The summed E-state index contributed by atoms with van der Waals surface area (Å²) >= 11 is 0. The number of carboxylic acid groups (broad SMARTS) is 1. The van der Waals surface area contributed by atoms with Crippen LogP contribution in [-0.2, 0) is 11.2 Å². The predicted octanol–water partition coefficient (Wildman–Crippen LogP) is 2.23. The molecule has 2 atom stereocenters. The van der Waals surface area contributed by atoms with Crippen molar-refractivity contribution >= 4 is 11.9 Å². The lowest BCUT2D eigenvalue weighted by Gasteiger charge is -2.14. The first-order valence-corrected chi connectivity index (χ1v) is 6.73. The van der Waals surface area contributed by atoms with Crippen LogP contribution >= 0.6 is 0 Å². The van der Waals surface area contributed by atoms with Crippen LogP contribution < -0.4 is 5.32 Å². The summed E-state index contributed by atoms with van der Waals surface area (Å²) in [6.07, 6.45) is 2.74. The smallest absolute Gasteiger partial charge is 0.306 e. The monoisotopic (exact) mass is 261 g/mol. The van der Waals surface area contributed by atoms with Crippen LogP contribution in [0.4, 0.5) is 0 Å². The number of rotatable bonds is 4. The standard InChI is InChI=1S/C15H19NO3/c1-2-10-5-3-4-6-13(10)14(17)16-12-8-7-11(9-12)15(18)19/h3-6,11-12H,2,7-9H2,1H3,(H,16,17)(H,18,19)/t11-,12+/m0/s1. The molecule has 2 rings (SSSR count). The number of hydrogen-bond acceptors (Lipinski definition) is 2. The topological polar surface area (TPSA) is 66.4 Å². The molecule has 0 aromatic heterocycles. The van der Waals surface area contributed by atoms with Crippen LogP contribution in [0.2, 0.25) is 0 Å². The van der Waals surface area contributed by atoms with E-state index in [2.05, 4.69) is 5.32 Å². The molecule has 4 nitrogen and oxygen atoms in total. The second-order valence-electron chi connectivity index (χ2n) is 5.03. The lowest BCUT2D eigenvalue weighted by Crippen LogP contribution is -2.33. The quantitative estimate of drug-likeness (QED) is 0.873. The average Bonchev–Trinajstić information content (AvgIpc) is 2.87. The van der Waals surface area contributed by atoms with E-state index in [9.17, 15) is 9.59 Å². The molecule has 0 radical (unpaired) electrons. The van der Waals surface area contributed by atoms with Crippen molar-refractivity contribution in [2.24, 2.45) is 5.92 Å². The molecule has 1 aliphatic carbocycles. The maximum atomic E-state index is 12.2. The first kappa shape index (κ1) is 13.6. The maximum Gasteiger partial charge on any atom is 0.306 e. The van der Waals surface area contributed by atoms with Gasteiger partial charge in [-0.25, -0.2) is 0 Å². The van der Waals surface area contributed by atoms with Gasteiger partial charge in [0.1, 0.15) is 0 Å². The number of nitrogens with one attached hydrogen (secondary N) is 1. The molecule has 0 unspecified atom stereocenters. The fraction of sp³-hybridized carbons (Fsp3) is 0.467. The summed E-state index contributed by atoms with van der Waals surface area (Å²) in [6, 6.07) is 7.52. The third-order valence-corrected chi connectivity index (χ3v) is 3.76. The van der Waals surface area contributed by atoms with E-state index in [1.807, 2.05) is 31.2 Å². The minimum absolute atomic E-state index is 0.0153. The molecule has 2 N–H and O–H groups in total. The summed E-state index contributed by atoms with van der Waals surface area (Å²) in [4.78, 5) is 23.1. The zero-order chi connectivity index (χ0) is 13.8. The van der Waals surface area contributed by atoms with Crippen molar-refractivity contribution in [3.8, 4) is 0 Å². The minimum atomic E-state index is -0.759. The number of amides is 1. The molecule has 0 saturated heterocycles. The Morgan fingerprint density at radius 1 is 1.32 bits per heavy atom. The Hall–Kier alpha value is -1.84. The summed E-state index contributed by atoms with van der Waals surface area (Å²) in [6.45, 7) is 2.02. The Balaban J connectivity index is 2.00. The van der Waals surface area contributed by atoms with Crippen molar-refractivity contribution < 1.29 is 14.7 Å². The molecule has 102 valence electrons. The van der Waals surface area contributed by atoms with Crippen LogP contribution in [0.5, 0.6) is 0 Å². The summed E-state index contributed by atoms with van der Waals surface area (Å²) in [5.41, 5.74) is 1.72. The van der Waals surface area contributed by atoms with E-state index in [0.29, 0.717) is 18.4 Å². The normalized spacial score (nSPS) is 22.2. The average molecular weight is 261 g/mol. The first-order valence-electron chi connectivity index (χ1n) is 6.73. The molecule has 1 amide bonds. The van der Waals surface area contributed by atoms with E-state index in [0.717, 1.165) is 18.4 Å². The molecule has 0 aliphatic heterocycles. The molecular formula is C15H19NO3. The van der Waals surface area contributed by atoms with Gasteiger partial charge in [-0.05, 0) is 37.3 Å². The minimum Gasteiger partial charge on any atom is -0.481 e. The molecular weight excluding hydrogens is 242 g/mol. The van der Waals surface area contributed by atoms with Crippen LogP contribution in [0, 0.1) is 5.92 Å². The van der Waals surface area contributed by atoms with Crippen LogP contribution in [0.15, 0.2) is 24.3 Å². The first-order chi connectivity index (χ1) is 9.11. The Kier molecular flexibility index (Phi) is 4.20. The van der Waals surface area contributed by atoms with E-state index < -0.39 is 5.97 Å². The van der Waals surface area contributed by atoms with Crippen LogP contribution in [0.1, 0.15) is 42.1 Å². The highest BCUT2D eigenvalue weighted by Crippen LogP contribution is 2.26. The Morgan fingerprint density at radius 3 is 2.68 bits per heavy atom. The molecule has 1 aliphatic rings. The summed E-state index contributed by atoms with van der Waals surface area (Å²) in [5, 5.41) is 11.9. The number of benzene rings is 1. The Bertz CT molecular complexity index is 484. The number of carboxylic acids is 1. The highest BCUT2D eigenvalue weighted by atomic mass is 16.4. The number of carbonyl (C=O) groups is 2. The van der Waals surface area contributed by atoms with Gasteiger partial charge in [0.25, 0.3) is 5.91 Å². The van der Waals surface area contributed by atoms with Crippen molar-refractivity contribution in [3.63, 3.8) is 0 Å². The van der Waals surface area contributed by atoms with Crippen LogP contribution in [0.3, 0.4) is 0 Å².